The van der Waals surface area contributed by atoms with E-state index in [4.69, 9.17) is 0 Å². The van der Waals surface area contributed by atoms with Gasteiger partial charge in [0.05, 0.1) is 0 Å². The van der Waals surface area contributed by atoms with Crippen LogP contribution < -0.4 is 56.7 Å². The van der Waals surface area contributed by atoms with E-state index in [9.17, 15) is 4.79 Å². The Morgan fingerprint density at radius 1 is 1.62 bits per heavy atom. The average molecular weight is 139 g/mol. The van der Waals surface area contributed by atoms with Gasteiger partial charge in [-0.1, -0.05) is 13.3 Å². The molecule has 0 radical (unpaired) electrons. The molecule has 0 fully saturated rings. The Labute approximate surface area is 92.8 Å². The fraction of sp³-hybridized carbons (Fsp3) is 0.800. The zero-order valence-electron chi connectivity index (χ0n) is 5.53. The van der Waals surface area contributed by atoms with Gasteiger partial charge in [0.25, 0.3) is 0 Å². The van der Waals surface area contributed by atoms with Gasteiger partial charge in [-0.25, -0.2) is 0 Å². The Bertz CT molecular complexity index is 49.7. The smallest absolute Gasteiger partial charge is 0.530 e. The second kappa shape index (κ2) is 11.0. The molecule has 0 aliphatic carbocycles. The predicted molar refractivity (Wildman–Crippen MR) is 28.6 cm³/mol. The molecule has 0 spiro atoms. The molecule has 0 rings (SSSR count). The summed E-state index contributed by atoms with van der Waals surface area (Å²) >= 11 is 0. The minimum Gasteiger partial charge on any atom is -0.530 e. The predicted octanol–water partition coefficient (Wildman–Crippen LogP) is -2.55. The van der Waals surface area contributed by atoms with Crippen LogP contribution >= 0.6 is 0 Å². The maximum atomic E-state index is 9.44. The second-order valence-corrected chi connectivity index (χ2v) is 1.38. The van der Waals surface area contributed by atoms with E-state index >= 15 is 0 Å². The van der Waals surface area contributed by atoms with E-state index in [1.165, 1.54) is 0 Å². The van der Waals surface area contributed by atoms with E-state index < -0.39 is 0 Å². The van der Waals surface area contributed by atoms with Gasteiger partial charge in [0, 0.05) is 0 Å². The Kier molecular flexibility index (Phi) is 16.3. The number of nitrogens with one attached hydrogen (secondary N) is 1. The third kappa shape index (κ3) is 10.2. The fourth-order valence-electron chi connectivity index (χ4n) is 0.316. The first-order valence-corrected chi connectivity index (χ1v) is 2.51. The van der Waals surface area contributed by atoms with Crippen molar-refractivity contribution in [3.05, 3.63) is 0 Å². The topological polar surface area (TPSA) is 29.1 Å². The van der Waals surface area contributed by atoms with Crippen molar-refractivity contribution in [1.82, 2.24) is 5.32 Å². The Morgan fingerprint density at radius 2 is 2.25 bits per heavy atom. The van der Waals surface area contributed by atoms with E-state index in [-0.39, 0.29) is 51.4 Å². The van der Waals surface area contributed by atoms with E-state index in [2.05, 4.69) is 12.2 Å². The van der Waals surface area contributed by atoms with Crippen LogP contribution in [0.3, 0.4) is 0 Å². The molecule has 42 valence electrons. The summed E-state index contributed by atoms with van der Waals surface area (Å²) < 4.78 is 0. The third-order valence-electron chi connectivity index (χ3n) is 0.727. The molecule has 1 N–H and O–H groups in total. The molecule has 0 bridgehead atoms. The van der Waals surface area contributed by atoms with E-state index in [0.717, 1.165) is 19.4 Å². The molecular formula is C5H10KNO. The molecule has 0 aliphatic heterocycles. The fourth-order valence-corrected chi connectivity index (χ4v) is 0.316. The van der Waals surface area contributed by atoms with Gasteiger partial charge in [-0.05, 0) is 13.0 Å². The first-order chi connectivity index (χ1) is 3.41. The van der Waals surface area contributed by atoms with Crippen LogP contribution in [0.5, 0.6) is 0 Å². The Balaban J connectivity index is 0. The summed E-state index contributed by atoms with van der Waals surface area (Å²) in [4.78, 5) is 9.44. The Hall–Kier alpha value is 1.11. The van der Waals surface area contributed by atoms with Gasteiger partial charge in [0.1, 0.15) is 0 Å². The van der Waals surface area contributed by atoms with Gasteiger partial charge >= 0.3 is 51.4 Å². The molecule has 0 saturated heterocycles. The number of rotatable bonds is 4. The van der Waals surface area contributed by atoms with Crippen LogP contribution in [0.25, 0.3) is 0 Å². The molecular weight excluding hydrogens is 129 g/mol. The summed E-state index contributed by atoms with van der Waals surface area (Å²) in [5.41, 5.74) is 0. The number of hydrogen-bond donors (Lipinski definition) is 1. The van der Waals surface area contributed by atoms with Crippen molar-refractivity contribution >= 4 is 6.41 Å². The molecule has 8 heavy (non-hydrogen) atoms. The molecule has 0 atom stereocenters. The van der Waals surface area contributed by atoms with Crippen molar-refractivity contribution in [3.8, 4) is 0 Å². The molecule has 0 aliphatic rings. The van der Waals surface area contributed by atoms with Crippen molar-refractivity contribution in [2.45, 2.75) is 19.8 Å². The average Bonchev–Trinajstić information content (AvgIpc) is 1.69. The molecule has 0 unspecified atom stereocenters. The maximum Gasteiger partial charge on any atom is 1.00 e. The molecule has 0 aromatic heterocycles. The largest absolute Gasteiger partial charge is 1.00 e. The van der Waals surface area contributed by atoms with Crippen LogP contribution in [0, 0.1) is 0 Å². The van der Waals surface area contributed by atoms with Crippen LogP contribution in [0.15, 0.2) is 0 Å². The van der Waals surface area contributed by atoms with Gasteiger partial charge < -0.3 is 10.1 Å². The zero-order chi connectivity index (χ0) is 5.54. The summed E-state index contributed by atoms with van der Waals surface area (Å²) in [7, 11) is 0. The summed E-state index contributed by atoms with van der Waals surface area (Å²) in [6.07, 6.45) is 3.77. The van der Waals surface area contributed by atoms with E-state index in [0.29, 0.717) is 0 Å². The van der Waals surface area contributed by atoms with Crippen LogP contribution in [0.1, 0.15) is 19.8 Å². The Morgan fingerprint density at radius 3 is 2.62 bits per heavy atom. The minimum atomic E-state index is 0. The van der Waals surface area contributed by atoms with Crippen molar-refractivity contribution < 1.29 is 56.2 Å². The molecule has 2 nitrogen and oxygen atoms in total. The van der Waals surface area contributed by atoms with Crippen LogP contribution in [-0.2, 0) is 4.79 Å². The molecule has 3 heteroatoms. The monoisotopic (exact) mass is 139 g/mol. The minimum absolute atomic E-state index is 0. The number of hydrogen-bond acceptors (Lipinski definition) is 1. The first-order valence-electron chi connectivity index (χ1n) is 2.51. The van der Waals surface area contributed by atoms with Crippen molar-refractivity contribution in [2.75, 3.05) is 6.54 Å². The van der Waals surface area contributed by atoms with Gasteiger partial charge in [-0.2, -0.15) is 6.41 Å². The molecule has 0 heterocycles. The SMILES string of the molecule is CCCCN[C-]=O.[K+]. The number of unbranched alkanes of at least 4 members (excludes halogenated alkanes) is 1. The van der Waals surface area contributed by atoms with Gasteiger partial charge in [0.2, 0.25) is 0 Å². The van der Waals surface area contributed by atoms with Crippen molar-refractivity contribution in [2.24, 2.45) is 0 Å². The standard InChI is InChI=1S/C5H10NO.K/c1-2-3-4-6-5-7;/h2-4H2,1H3,(H,6,7);/q-1;+1. The summed E-state index contributed by atoms with van der Waals surface area (Å²) in [6, 6.07) is 0. The van der Waals surface area contributed by atoms with Crippen LogP contribution in [0.2, 0.25) is 0 Å². The zero-order valence-corrected chi connectivity index (χ0v) is 8.65. The van der Waals surface area contributed by atoms with Gasteiger partial charge in [-0.3, -0.25) is 0 Å². The van der Waals surface area contributed by atoms with Gasteiger partial charge in [0.15, 0.2) is 0 Å². The summed E-state index contributed by atoms with van der Waals surface area (Å²) in [5.74, 6) is 0. The number of amides is 1. The maximum absolute atomic E-state index is 9.44. The molecule has 1 amide bonds. The van der Waals surface area contributed by atoms with Crippen molar-refractivity contribution in [3.63, 3.8) is 0 Å². The van der Waals surface area contributed by atoms with Gasteiger partial charge in [-0.15, -0.1) is 0 Å². The second-order valence-electron chi connectivity index (χ2n) is 1.38. The molecule has 0 aromatic rings. The summed E-state index contributed by atoms with van der Waals surface area (Å²) in [6.45, 7) is 2.84. The van der Waals surface area contributed by atoms with Crippen LogP contribution in [-0.4, -0.2) is 13.0 Å². The normalized spacial score (nSPS) is 7.12. The number of carbonyl (C=O) groups excluding carboxylic acids is 1. The molecule has 0 aromatic carbocycles. The van der Waals surface area contributed by atoms with Crippen LogP contribution in [0.4, 0.5) is 0 Å². The third-order valence-corrected chi connectivity index (χ3v) is 0.727. The van der Waals surface area contributed by atoms with Crippen molar-refractivity contribution in [1.29, 1.82) is 0 Å². The van der Waals surface area contributed by atoms with E-state index in [1.54, 1.807) is 6.41 Å². The quantitative estimate of drug-likeness (QED) is 0.197. The first kappa shape index (κ1) is 11.8. The molecule has 0 saturated carbocycles. The van der Waals surface area contributed by atoms with E-state index in [1.807, 2.05) is 0 Å². The summed E-state index contributed by atoms with van der Waals surface area (Å²) in [5, 5.41) is 2.44.